The highest BCUT2D eigenvalue weighted by molar-refractivity contribution is 5.30. The Morgan fingerprint density at radius 3 is 2.85 bits per heavy atom. The molecule has 0 aliphatic heterocycles. The Kier molecular flexibility index (Phi) is 5.02. The van der Waals surface area contributed by atoms with Crippen LogP contribution in [0, 0.1) is 0 Å². The quantitative estimate of drug-likeness (QED) is 0.900. The van der Waals surface area contributed by atoms with E-state index in [9.17, 15) is 13.2 Å². The Hall–Kier alpha value is -1.10. The summed E-state index contributed by atoms with van der Waals surface area (Å²) in [5, 5.41) is 3.43. The van der Waals surface area contributed by atoms with E-state index in [4.69, 9.17) is 0 Å². The molecule has 0 aromatic carbocycles. The van der Waals surface area contributed by atoms with Gasteiger partial charge in [-0.15, -0.1) is 0 Å². The summed E-state index contributed by atoms with van der Waals surface area (Å²) in [6, 6.07) is 1.42. The highest BCUT2D eigenvalue weighted by Gasteiger charge is 2.36. The van der Waals surface area contributed by atoms with Crippen LogP contribution in [0.4, 0.5) is 13.2 Å². The third kappa shape index (κ3) is 3.72. The lowest BCUT2D eigenvalue weighted by atomic mass is 9.80. The van der Waals surface area contributed by atoms with Crippen molar-refractivity contribution in [3.63, 3.8) is 0 Å². The van der Waals surface area contributed by atoms with Crippen molar-refractivity contribution in [3.05, 3.63) is 29.6 Å². The lowest BCUT2D eigenvalue weighted by molar-refractivity contribution is -0.138. The second-order valence-electron chi connectivity index (χ2n) is 5.48. The van der Waals surface area contributed by atoms with Crippen molar-refractivity contribution in [2.75, 3.05) is 6.54 Å². The third-order valence-corrected chi connectivity index (χ3v) is 3.95. The molecule has 2 rings (SSSR count). The molecule has 0 spiro atoms. The van der Waals surface area contributed by atoms with Crippen LogP contribution in [0.15, 0.2) is 18.5 Å². The molecule has 2 nitrogen and oxygen atoms in total. The van der Waals surface area contributed by atoms with Crippen LogP contribution in [-0.4, -0.2) is 17.6 Å². The van der Waals surface area contributed by atoms with Crippen molar-refractivity contribution in [1.82, 2.24) is 10.3 Å². The van der Waals surface area contributed by atoms with Gasteiger partial charge >= 0.3 is 6.18 Å². The predicted octanol–water partition coefficient (Wildman–Crippen LogP) is 4.13. The van der Waals surface area contributed by atoms with Crippen molar-refractivity contribution in [1.29, 1.82) is 0 Å². The van der Waals surface area contributed by atoms with Gasteiger partial charge in [0, 0.05) is 18.4 Å². The van der Waals surface area contributed by atoms with Crippen LogP contribution in [0.1, 0.15) is 56.1 Å². The fraction of sp³-hybridized carbons (Fsp3) is 0.667. The predicted molar refractivity (Wildman–Crippen MR) is 72.5 cm³/mol. The van der Waals surface area contributed by atoms with E-state index in [2.05, 4.69) is 17.2 Å². The molecular formula is C15H21F3N2. The summed E-state index contributed by atoms with van der Waals surface area (Å²) in [6.07, 6.45) is 2.99. The highest BCUT2D eigenvalue weighted by Crippen LogP contribution is 2.40. The van der Waals surface area contributed by atoms with E-state index >= 15 is 0 Å². The molecule has 2 unspecified atom stereocenters. The minimum Gasteiger partial charge on any atom is -0.314 e. The average Bonchev–Trinajstić information content (AvgIpc) is 2.44. The lowest BCUT2D eigenvalue weighted by Crippen LogP contribution is -2.34. The van der Waals surface area contributed by atoms with Gasteiger partial charge in [-0.25, -0.2) is 0 Å². The third-order valence-electron chi connectivity index (χ3n) is 3.95. The van der Waals surface area contributed by atoms with Gasteiger partial charge in [-0.3, -0.25) is 4.98 Å². The summed E-state index contributed by atoms with van der Waals surface area (Å²) in [5.41, 5.74) is -0.156. The van der Waals surface area contributed by atoms with E-state index in [0.29, 0.717) is 11.6 Å². The summed E-state index contributed by atoms with van der Waals surface area (Å²) in [6.45, 7) is 3.02. The second-order valence-corrected chi connectivity index (χ2v) is 5.48. The van der Waals surface area contributed by atoms with E-state index in [1.165, 1.54) is 12.4 Å². The first-order chi connectivity index (χ1) is 9.52. The van der Waals surface area contributed by atoms with Crippen LogP contribution in [-0.2, 0) is 6.18 Å². The summed E-state index contributed by atoms with van der Waals surface area (Å²) in [7, 11) is 0. The van der Waals surface area contributed by atoms with Gasteiger partial charge in [-0.2, -0.15) is 13.2 Å². The molecule has 1 aromatic rings. The van der Waals surface area contributed by atoms with Gasteiger partial charge in [-0.1, -0.05) is 13.3 Å². The Labute approximate surface area is 117 Å². The molecule has 20 heavy (non-hydrogen) atoms. The first kappa shape index (κ1) is 15.3. The smallest absolute Gasteiger partial charge is 0.314 e. The SMILES string of the molecule is CCCNC1CCCC(c2cnccc2C(F)(F)F)C1. The van der Waals surface area contributed by atoms with Crippen LogP contribution in [0.2, 0.25) is 0 Å². The van der Waals surface area contributed by atoms with E-state index in [0.717, 1.165) is 44.7 Å². The minimum atomic E-state index is -4.29. The fourth-order valence-corrected chi connectivity index (χ4v) is 3.00. The molecule has 2 atom stereocenters. The van der Waals surface area contributed by atoms with Crippen LogP contribution in [0.3, 0.4) is 0 Å². The molecule has 1 aromatic heterocycles. The lowest BCUT2D eigenvalue weighted by Gasteiger charge is -2.31. The number of nitrogens with one attached hydrogen (secondary N) is 1. The molecule has 112 valence electrons. The number of halogens is 3. The minimum absolute atomic E-state index is 0.0385. The van der Waals surface area contributed by atoms with Crippen molar-refractivity contribution < 1.29 is 13.2 Å². The zero-order chi connectivity index (χ0) is 14.6. The van der Waals surface area contributed by atoms with Gasteiger partial charge < -0.3 is 5.32 Å². The number of hydrogen-bond donors (Lipinski definition) is 1. The molecule has 0 saturated heterocycles. The molecule has 0 amide bonds. The fourth-order valence-electron chi connectivity index (χ4n) is 3.00. The maximum absolute atomic E-state index is 13.1. The Morgan fingerprint density at radius 1 is 1.35 bits per heavy atom. The Bertz CT molecular complexity index is 431. The van der Waals surface area contributed by atoms with Gasteiger partial charge in [-0.05, 0) is 49.8 Å². The van der Waals surface area contributed by atoms with Gasteiger partial charge in [0.25, 0.3) is 0 Å². The molecule has 1 saturated carbocycles. The van der Waals surface area contributed by atoms with Crippen molar-refractivity contribution >= 4 is 0 Å². The van der Waals surface area contributed by atoms with Crippen molar-refractivity contribution in [3.8, 4) is 0 Å². The largest absolute Gasteiger partial charge is 0.416 e. The molecule has 1 fully saturated rings. The van der Waals surface area contributed by atoms with Gasteiger partial charge in [0.2, 0.25) is 0 Å². The zero-order valence-corrected chi connectivity index (χ0v) is 11.7. The first-order valence-electron chi connectivity index (χ1n) is 7.27. The van der Waals surface area contributed by atoms with Crippen LogP contribution in [0.25, 0.3) is 0 Å². The maximum Gasteiger partial charge on any atom is 0.416 e. The molecule has 1 aliphatic rings. The van der Waals surface area contributed by atoms with Crippen LogP contribution in [0.5, 0.6) is 0 Å². The monoisotopic (exact) mass is 286 g/mol. The topological polar surface area (TPSA) is 24.9 Å². The summed E-state index contributed by atoms with van der Waals surface area (Å²) in [5.74, 6) is -0.0385. The number of aromatic nitrogens is 1. The van der Waals surface area contributed by atoms with E-state index in [1.54, 1.807) is 0 Å². The second kappa shape index (κ2) is 6.57. The van der Waals surface area contributed by atoms with Crippen molar-refractivity contribution in [2.24, 2.45) is 0 Å². The molecular weight excluding hydrogens is 265 g/mol. The first-order valence-corrected chi connectivity index (χ1v) is 7.27. The molecule has 5 heteroatoms. The normalized spacial score (nSPS) is 23.8. The Morgan fingerprint density at radius 2 is 2.15 bits per heavy atom. The van der Waals surface area contributed by atoms with Gasteiger partial charge in [0.05, 0.1) is 5.56 Å². The van der Waals surface area contributed by atoms with Crippen LogP contribution >= 0.6 is 0 Å². The number of alkyl halides is 3. The Balaban J connectivity index is 2.15. The average molecular weight is 286 g/mol. The standard InChI is InChI=1S/C15H21F3N2/c1-2-7-20-12-5-3-4-11(9-12)13-10-19-8-6-14(13)15(16,17)18/h6,8,10-12,20H,2-5,7,9H2,1H3. The molecule has 1 N–H and O–H groups in total. The van der Waals surface area contributed by atoms with Gasteiger partial charge in [0.15, 0.2) is 0 Å². The number of rotatable bonds is 4. The summed E-state index contributed by atoms with van der Waals surface area (Å²) >= 11 is 0. The van der Waals surface area contributed by atoms with E-state index in [1.807, 2.05) is 0 Å². The van der Waals surface area contributed by atoms with Gasteiger partial charge in [0.1, 0.15) is 0 Å². The zero-order valence-electron chi connectivity index (χ0n) is 11.7. The van der Waals surface area contributed by atoms with E-state index in [-0.39, 0.29) is 5.92 Å². The van der Waals surface area contributed by atoms with Crippen LogP contribution < -0.4 is 5.32 Å². The maximum atomic E-state index is 13.1. The molecule has 1 heterocycles. The highest BCUT2D eigenvalue weighted by atomic mass is 19.4. The van der Waals surface area contributed by atoms with E-state index < -0.39 is 11.7 Å². The molecule has 1 aliphatic carbocycles. The molecule has 0 bridgehead atoms. The summed E-state index contributed by atoms with van der Waals surface area (Å²) < 4.78 is 39.2. The number of hydrogen-bond acceptors (Lipinski definition) is 2. The number of nitrogens with zero attached hydrogens (tertiary/aromatic N) is 1. The summed E-state index contributed by atoms with van der Waals surface area (Å²) in [4.78, 5) is 3.90. The van der Waals surface area contributed by atoms with Crippen molar-refractivity contribution in [2.45, 2.75) is 57.2 Å². The number of pyridine rings is 1. The molecule has 0 radical (unpaired) electrons.